The SMILES string of the molecule is CC(C)C[C@H](NC(=O)[C@H](Cc1ccccc1)NC(=O)[C@@H](N)Cc1ccccc1)C(N)=O. The van der Waals surface area contributed by atoms with Gasteiger partial charge in [-0.05, 0) is 29.9 Å². The Balaban J connectivity index is 2.12. The van der Waals surface area contributed by atoms with E-state index in [2.05, 4.69) is 10.6 Å². The number of carbonyl (C=O) groups excluding carboxylic acids is 3. The van der Waals surface area contributed by atoms with E-state index in [0.717, 1.165) is 11.1 Å². The van der Waals surface area contributed by atoms with Gasteiger partial charge in [0.05, 0.1) is 6.04 Å². The monoisotopic (exact) mass is 424 g/mol. The Hall–Kier alpha value is -3.19. The molecule has 0 bridgehead atoms. The Morgan fingerprint density at radius 3 is 1.74 bits per heavy atom. The van der Waals surface area contributed by atoms with Crippen LogP contribution in [0.15, 0.2) is 60.7 Å². The van der Waals surface area contributed by atoms with E-state index in [1.54, 1.807) is 0 Å². The highest BCUT2D eigenvalue weighted by Gasteiger charge is 2.28. The quantitative estimate of drug-likeness (QED) is 0.433. The standard InChI is InChI=1S/C24H32N4O3/c1-16(2)13-20(22(26)29)27-24(31)21(15-18-11-7-4-8-12-18)28-23(30)19(25)14-17-9-5-3-6-10-17/h3-12,16,19-21H,13-15,25H2,1-2H3,(H2,26,29)(H,27,31)(H,28,30)/t19-,20-,21-/m0/s1. The van der Waals surface area contributed by atoms with Gasteiger partial charge in [-0.25, -0.2) is 0 Å². The van der Waals surface area contributed by atoms with Gasteiger partial charge in [0, 0.05) is 6.42 Å². The van der Waals surface area contributed by atoms with Crippen molar-refractivity contribution in [1.29, 1.82) is 0 Å². The molecule has 2 aromatic carbocycles. The molecule has 0 radical (unpaired) electrons. The van der Waals surface area contributed by atoms with Crippen molar-refractivity contribution in [2.45, 2.75) is 51.2 Å². The van der Waals surface area contributed by atoms with Crippen LogP contribution in [0.2, 0.25) is 0 Å². The molecule has 0 saturated carbocycles. The van der Waals surface area contributed by atoms with E-state index in [-0.39, 0.29) is 12.3 Å². The number of hydrogen-bond acceptors (Lipinski definition) is 4. The van der Waals surface area contributed by atoms with Gasteiger partial charge in [0.1, 0.15) is 12.1 Å². The molecule has 0 aliphatic heterocycles. The summed E-state index contributed by atoms with van der Waals surface area (Å²) < 4.78 is 0. The average Bonchev–Trinajstić information content (AvgIpc) is 2.73. The average molecular weight is 425 g/mol. The molecule has 0 aliphatic rings. The largest absolute Gasteiger partial charge is 0.368 e. The summed E-state index contributed by atoms with van der Waals surface area (Å²) in [5.41, 5.74) is 13.4. The van der Waals surface area contributed by atoms with Crippen LogP contribution in [0.3, 0.4) is 0 Å². The molecule has 0 aromatic heterocycles. The number of rotatable bonds is 11. The van der Waals surface area contributed by atoms with Crippen molar-refractivity contribution in [3.05, 3.63) is 71.8 Å². The lowest BCUT2D eigenvalue weighted by Gasteiger charge is -2.24. The van der Waals surface area contributed by atoms with E-state index in [4.69, 9.17) is 11.5 Å². The predicted molar refractivity (Wildman–Crippen MR) is 121 cm³/mol. The van der Waals surface area contributed by atoms with E-state index >= 15 is 0 Å². The van der Waals surface area contributed by atoms with Gasteiger partial charge in [0.25, 0.3) is 0 Å². The molecule has 0 aliphatic carbocycles. The fourth-order valence-electron chi connectivity index (χ4n) is 3.29. The van der Waals surface area contributed by atoms with Crippen molar-refractivity contribution in [3.8, 4) is 0 Å². The molecule has 0 heterocycles. The molecule has 166 valence electrons. The summed E-state index contributed by atoms with van der Waals surface area (Å²) in [6.07, 6.45) is 1.04. The molecule has 3 amide bonds. The van der Waals surface area contributed by atoms with Crippen LogP contribution in [0.4, 0.5) is 0 Å². The van der Waals surface area contributed by atoms with E-state index in [9.17, 15) is 14.4 Å². The van der Waals surface area contributed by atoms with Crippen LogP contribution in [-0.4, -0.2) is 35.8 Å². The summed E-state index contributed by atoms with van der Waals surface area (Å²) in [6.45, 7) is 3.88. The molecule has 7 heteroatoms. The zero-order valence-electron chi connectivity index (χ0n) is 18.1. The Morgan fingerprint density at radius 1 is 0.774 bits per heavy atom. The molecule has 0 spiro atoms. The number of primary amides is 1. The fraction of sp³-hybridized carbons (Fsp3) is 0.375. The smallest absolute Gasteiger partial charge is 0.243 e. The Labute approximate surface area is 183 Å². The van der Waals surface area contributed by atoms with Crippen molar-refractivity contribution < 1.29 is 14.4 Å². The molecule has 31 heavy (non-hydrogen) atoms. The molecule has 7 nitrogen and oxygen atoms in total. The van der Waals surface area contributed by atoms with Crippen molar-refractivity contribution in [3.63, 3.8) is 0 Å². The minimum Gasteiger partial charge on any atom is -0.368 e. The number of hydrogen-bond donors (Lipinski definition) is 4. The van der Waals surface area contributed by atoms with Crippen molar-refractivity contribution in [2.75, 3.05) is 0 Å². The lowest BCUT2D eigenvalue weighted by atomic mass is 10.0. The molecule has 2 rings (SSSR count). The fourth-order valence-corrected chi connectivity index (χ4v) is 3.29. The highest BCUT2D eigenvalue weighted by Crippen LogP contribution is 2.08. The van der Waals surface area contributed by atoms with Gasteiger partial charge < -0.3 is 22.1 Å². The maximum Gasteiger partial charge on any atom is 0.243 e. The first kappa shape index (κ1) is 24.1. The molecule has 3 atom stereocenters. The lowest BCUT2D eigenvalue weighted by molar-refractivity contribution is -0.131. The summed E-state index contributed by atoms with van der Waals surface area (Å²) in [5.74, 6) is -1.33. The van der Waals surface area contributed by atoms with Crippen LogP contribution in [-0.2, 0) is 27.2 Å². The Bertz CT molecular complexity index is 856. The summed E-state index contributed by atoms with van der Waals surface area (Å²) in [7, 11) is 0. The highest BCUT2D eigenvalue weighted by molar-refractivity contribution is 5.92. The van der Waals surface area contributed by atoms with E-state index in [1.807, 2.05) is 74.5 Å². The topological polar surface area (TPSA) is 127 Å². The molecule has 0 saturated heterocycles. The van der Waals surface area contributed by atoms with Gasteiger partial charge in [0.2, 0.25) is 17.7 Å². The van der Waals surface area contributed by atoms with Crippen molar-refractivity contribution >= 4 is 17.7 Å². The molecule has 2 aromatic rings. The second kappa shape index (κ2) is 11.9. The summed E-state index contributed by atoms with van der Waals surface area (Å²) in [6, 6.07) is 16.3. The van der Waals surface area contributed by atoms with Crippen LogP contribution >= 0.6 is 0 Å². The van der Waals surface area contributed by atoms with E-state index in [1.165, 1.54) is 0 Å². The highest BCUT2D eigenvalue weighted by atomic mass is 16.2. The zero-order valence-corrected chi connectivity index (χ0v) is 18.1. The molecule has 0 fully saturated rings. The first-order chi connectivity index (χ1) is 14.8. The van der Waals surface area contributed by atoms with Crippen molar-refractivity contribution in [1.82, 2.24) is 10.6 Å². The zero-order chi connectivity index (χ0) is 22.8. The summed E-state index contributed by atoms with van der Waals surface area (Å²) in [4.78, 5) is 37.5. The first-order valence-electron chi connectivity index (χ1n) is 10.5. The van der Waals surface area contributed by atoms with Crippen LogP contribution in [0.1, 0.15) is 31.4 Å². The minimum atomic E-state index is -0.884. The summed E-state index contributed by atoms with van der Waals surface area (Å²) in [5, 5.41) is 5.45. The van der Waals surface area contributed by atoms with Gasteiger partial charge >= 0.3 is 0 Å². The molecule has 6 N–H and O–H groups in total. The van der Waals surface area contributed by atoms with Crippen molar-refractivity contribution in [2.24, 2.45) is 17.4 Å². The second-order valence-corrected chi connectivity index (χ2v) is 8.14. The van der Waals surface area contributed by atoms with Gasteiger partial charge in [-0.3, -0.25) is 14.4 Å². The Morgan fingerprint density at radius 2 is 1.26 bits per heavy atom. The number of benzene rings is 2. The Kier molecular flexibility index (Phi) is 9.21. The maximum absolute atomic E-state index is 13.0. The first-order valence-corrected chi connectivity index (χ1v) is 10.5. The normalized spacial score (nSPS) is 13.8. The molecular weight excluding hydrogens is 392 g/mol. The van der Waals surface area contributed by atoms with E-state index < -0.39 is 35.8 Å². The van der Waals surface area contributed by atoms with E-state index in [0.29, 0.717) is 12.8 Å². The number of amides is 3. The summed E-state index contributed by atoms with van der Waals surface area (Å²) >= 11 is 0. The van der Waals surface area contributed by atoms with Gasteiger partial charge in [-0.15, -0.1) is 0 Å². The maximum atomic E-state index is 13.0. The van der Waals surface area contributed by atoms with Crippen LogP contribution in [0.25, 0.3) is 0 Å². The third kappa shape index (κ3) is 8.22. The third-order valence-corrected chi connectivity index (χ3v) is 4.92. The lowest BCUT2D eigenvalue weighted by Crippen LogP contribution is -2.56. The van der Waals surface area contributed by atoms with Crippen LogP contribution in [0, 0.1) is 5.92 Å². The van der Waals surface area contributed by atoms with Gasteiger partial charge in [-0.1, -0.05) is 74.5 Å². The minimum absolute atomic E-state index is 0.166. The van der Waals surface area contributed by atoms with Crippen LogP contribution < -0.4 is 22.1 Å². The van der Waals surface area contributed by atoms with Gasteiger partial charge in [0.15, 0.2) is 0 Å². The second-order valence-electron chi connectivity index (χ2n) is 8.14. The third-order valence-electron chi connectivity index (χ3n) is 4.92. The number of nitrogens with two attached hydrogens (primary N) is 2. The number of carbonyl (C=O) groups is 3. The van der Waals surface area contributed by atoms with Gasteiger partial charge in [-0.2, -0.15) is 0 Å². The van der Waals surface area contributed by atoms with Crippen LogP contribution in [0.5, 0.6) is 0 Å². The number of nitrogens with one attached hydrogen (secondary N) is 2. The molecule has 0 unspecified atom stereocenters. The predicted octanol–water partition coefficient (Wildman–Crippen LogP) is 1.30. The molecular formula is C24H32N4O3.